The predicted octanol–water partition coefficient (Wildman–Crippen LogP) is 4.03. The number of imidazole rings is 1. The number of rotatable bonds is 4. The highest BCUT2D eigenvalue weighted by atomic mass is 19.3. The van der Waals surface area contributed by atoms with Gasteiger partial charge in [0.2, 0.25) is 0 Å². The number of fused-ring (bicyclic) bond motifs is 1. The van der Waals surface area contributed by atoms with E-state index < -0.39 is 12.2 Å². The average Bonchev–Trinajstić information content (AvgIpc) is 2.98. The number of aromatic nitrogens is 4. The lowest BCUT2D eigenvalue weighted by Crippen LogP contribution is -2.00. The highest BCUT2D eigenvalue weighted by Gasteiger charge is 2.18. The Morgan fingerprint density at radius 1 is 1.17 bits per heavy atom. The number of hydrogen-bond acceptors (Lipinski definition) is 5. The van der Waals surface area contributed by atoms with Crippen molar-refractivity contribution in [1.82, 2.24) is 19.9 Å². The first-order valence-corrected chi connectivity index (χ1v) is 7.31. The van der Waals surface area contributed by atoms with Crippen molar-refractivity contribution in [2.24, 2.45) is 0 Å². The molecule has 2 N–H and O–H groups in total. The van der Waals surface area contributed by atoms with Gasteiger partial charge >= 0.3 is 0 Å². The van der Waals surface area contributed by atoms with Crippen LogP contribution >= 0.6 is 0 Å². The van der Waals surface area contributed by atoms with Gasteiger partial charge in [-0.3, -0.25) is 0 Å². The van der Waals surface area contributed by atoms with Crippen LogP contribution in [0.15, 0.2) is 24.3 Å². The predicted molar refractivity (Wildman–Crippen MR) is 85.2 cm³/mol. The fourth-order valence-electron chi connectivity index (χ4n) is 2.35. The number of halogens is 2. The molecular formula is C16H14F2N6. The fraction of sp³-hybridized carbons (Fsp3) is 0.250. The molecule has 8 heteroatoms. The topological polar surface area (TPSA) is 90.3 Å². The number of H-pyrrole nitrogens is 1. The first kappa shape index (κ1) is 15.8. The number of pyridine rings is 2. The Bertz CT molecular complexity index is 926. The molecule has 6 nitrogen and oxygen atoms in total. The second-order valence-electron chi connectivity index (χ2n) is 5.52. The third kappa shape index (κ3) is 3.01. The fourth-order valence-corrected chi connectivity index (χ4v) is 2.35. The molecule has 24 heavy (non-hydrogen) atoms. The van der Waals surface area contributed by atoms with E-state index in [1.807, 2.05) is 19.9 Å². The van der Waals surface area contributed by atoms with Gasteiger partial charge in [-0.1, -0.05) is 19.9 Å². The van der Waals surface area contributed by atoms with Gasteiger partial charge in [0.05, 0.1) is 5.52 Å². The Labute approximate surface area is 136 Å². The molecule has 0 saturated heterocycles. The van der Waals surface area contributed by atoms with Gasteiger partial charge in [0.1, 0.15) is 23.4 Å². The number of nitrogens with one attached hydrogen (secondary N) is 2. The summed E-state index contributed by atoms with van der Waals surface area (Å²) in [4.78, 5) is 14.9. The van der Waals surface area contributed by atoms with Crippen LogP contribution in [0.25, 0.3) is 11.2 Å². The quantitative estimate of drug-likeness (QED) is 0.754. The van der Waals surface area contributed by atoms with Gasteiger partial charge in [0, 0.05) is 0 Å². The van der Waals surface area contributed by atoms with Gasteiger partial charge in [0.25, 0.3) is 6.43 Å². The van der Waals surface area contributed by atoms with Crippen LogP contribution in [0.4, 0.5) is 20.4 Å². The van der Waals surface area contributed by atoms with E-state index in [-0.39, 0.29) is 17.3 Å². The van der Waals surface area contributed by atoms with Crippen LogP contribution in [-0.2, 0) is 0 Å². The summed E-state index contributed by atoms with van der Waals surface area (Å²) >= 11 is 0. The molecule has 0 spiro atoms. The van der Waals surface area contributed by atoms with Gasteiger partial charge in [-0.2, -0.15) is 5.26 Å². The maximum atomic E-state index is 12.9. The van der Waals surface area contributed by atoms with E-state index in [1.165, 1.54) is 0 Å². The summed E-state index contributed by atoms with van der Waals surface area (Å²) in [5.41, 5.74) is 1.81. The molecule has 3 aromatic rings. The summed E-state index contributed by atoms with van der Waals surface area (Å²) < 4.78 is 25.8. The van der Waals surface area contributed by atoms with Gasteiger partial charge < -0.3 is 10.3 Å². The van der Waals surface area contributed by atoms with Gasteiger partial charge in [-0.05, 0) is 29.7 Å². The molecule has 3 rings (SSSR count). The first-order chi connectivity index (χ1) is 11.5. The normalized spacial score (nSPS) is 11.2. The number of hydrogen-bond donors (Lipinski definition) is 2. The van der Waals surface area contributed by atoms with Crippen LogP contribution in [0.2, 0.25) is 0 Å². The number of aromatic amines is 1. The maximum Gasteiger partial charge on any atom is 0.295 e. The number of anilines is 2. The lowest BCUT2D eigenvalue weighted by molar-refractivity contribution is 0.142. The minimum Gasteiger partial charge on any atom is -0.336 e. The van der Waals surface area contributed by atoms with Crippen molar-refractivity contribution < 1.29 is 8.78 Å². The average molecular weight is 328 g/mol. The number of nitriles is 1. The molecular weight excluding hydrogens is 314 g/mol. The summed E-state index contributed by atoms with van der Waals surface area (Å²) in [6.45, 7) is 3.91. The van der Waals surface area contributed by atoms with E-state index in [2.05, 4.69) is 25.3 Å². The van der Waals surface area contributed by atoms with Crippen molar-refractivity contribution in [2.45, 2.75) is 26.2 Å². The molecule has 0 atom stereocenters. The van der Waals surface area contributed by atoms with Crippen LogP contribution in [0.5, 0.6) is 0 Å². The lowest BCUT2D eigenvalue weighted by atomic mass is 10.0. The number of alkyl halides is 2. The van der Waals surface area contributed by atoms with Crippen LogP contribution in [0.3, 0.4) is 0 Å². The van der Waals surface area contributed by atoms with E-state index in [1.54, 1.807) is 24.3 Å². The molecule has 0 bridgehead atoms. The molecule has 0 aliphatic rings. The second-order valence-corrected chi connectivity index (χ2v) is 5.52. The Morgan fingerprint density at radius 3 is 2.62 bits per heavy atom. The number of nitrogens with zero attached hydrogens (tertiary/aromatic N) is 4. The molecule has 0 saturated carbocycles. The molecule has 0 unspecified atom stereocenters. The van der Waals surface area contributed by atoms with Gasteiger partial charge in [-0.25, -0.2) is 23.7 Å². The highest BCUT2D eigenvalue weighted by molar-refractivity contribution is 5.79. The third-order valence-corrected chi connectivity index (χ3v) is 3.46. The van der Waals surface area contributed by atoms with E-state index in [0.29, 0.717) is 17.2 Å². The summed E-state index contributed by atoms with van der Waals surface area (Å²) in [6, 6.07) is 8.69. The summed E-state index contributed by atoms with van der Waals surface area (Å²) in [5, 5.41) is 11.9. The Morgan fingerprint density at radius 2 is 1.96 bits per heavy atom. The lowest BCUT2D eigenvalue weighted by Gasteiger charge is -2.10. The minimum absolute atomic E-state index is 0.0837. The zero-order valence-corrected chi connectivity index (χ0v) is 13.0. The summed E-state index contributed by atoms with van der Waals surface area (Å²) in [6.07, 6.45) is -2.69. The molecule has 0 fully saturated rings. The van der Waals surface area contributed by atoms with E-state index in [9.17, 15) is 8.78 Å². The van der Waals surface area contributed by atoms with Crippen LogP contribution in [-0.4, -0.2) is 19.9 Å². The Hall–Kier alpha value is -3.08. The molecule has 3 heterocycles. The van der Waals surface area contributed by atoms with E-state index in [0.717, 1.165) is 5.56 Å². The van der Waals surface area contributed by atoms with Crippen molar-refractivity contribution in [3.63, 3.8) is 0 Å². The van der Waals surface area contributed by atoms with Gasteiger partial charge in [-0.15, -0.1) is 0 Å². The molecule has 0 radical (unpaired) electrons. The van der Waals surface area contributed by atoms with Crippen LogP contribution in [0, 0.1) is 11.3 Å². The van der Waals surface area contributed by atoms with E-state index >= 15 is 0 Å². The molecule has 0 amide bonds. The van der Waals surface area contributed by atoms with Gasteiger partial charge in [0.15, 0.2) is 11.5 Å². The maximum absolute atomic E-state index is 12.9. The molecule has 3 aromatic heterocycles. The van der Waals surface area contributed by atoms with E-state index in [4.69, 9.17) is 5.26 Å². The van der Waals surface area contributed by atoms with Crippen molar-refractivity contribution in [3.05, 3.63) is 41.3 Å². The zero-order chi connectivity index (χ0) is 17.3. The molecule has 122 valence electrons. The first-order valence-electron chi connectivity index (χ1n) is 7.31. The smallest absolute Gasteiger partial charge is 0.295 e. The molecule has 0 aliphatic carbocycles. The highest BCUT2D eigenvalue weighted by Crippen LogP contribution is 2.28. The third-order valence-electron chi connectivity index (χ3n) is 3.46. The monoisotopic (exact) mass is 328 g/mol. The van der Waals surface area contributed by atoms with Crippen molar-refractivity contribution in [3.8, 4) is 6.07 Å². The second kappa shape index (κ2) is 6.20. The standard InChI is InChI=1S/C16H14F2N6/c1-8(2)10-6-12(21-11-5-3-4-9(7-19)20-11)22-15-13(10)23-16(24-15)14(17)18/h3-6,8,14H,1-2H3,(H2,20,21,22,23,24). The largest absolute Gasteiger partial charge is 0.336 e. The molecule has 0 aliphatic heterocycles. The molecule has 0 aromatic carbocycles. The van der Waals surface area contributed by atoms with Crippen LogP contribution < -0.4 is 5.32 Å². The Balaban J connectivity index is 2.06. The van der Waals surface area contributed by atoms with Crippen LogP contribution in [0.1, 0.15) is 43.3 Å². The van der Waals surface area contributed by atoms with Crippen molar-refractivity contribution in [1.29, 1.82) is 5.26 Å². The summed E-state index contributed by atoms with van der Waals surface area (Å²) in [7, 11) is 0. The summed E-state index contributed by atoms with van der Waals surface area (Å²) in [5.74, 6) is 0.558. The Kier molecular flexibility index (Phi) is 4.08. The van der Waals surface area contributed by atoms with Crippen molar-refractivity contribution in [2.75, 3.05) is 5.32 Å². The minimum atomic E-state index is -2.69. The van der Waals surface area contributed by atoms with Crippen molar-refractivity contribution >= 4 is 22.8 Å². The SMILES string of the molecule is CC(C)c1cc(Nc2cccc(C#N)n2)nc2nc(C(F)F)[nH]c12. The zero-order valence-electron chi connectivity index (χ0n) is 13.0.